The Morgan fingerprint density at radius 3 is 2.64 bits per heavy atom. The molecule has 140 valence electrons. The normalized spacial score (nSPS) is 15.3. The van der Waals surface area contributed by atoms with Gasteiger partial charge in [0.25, 0.3) is 5.91 Å². The van der Waals surface area contributed by atoms with Gasteiger partial charge in [0.2, 0.25) is 10.0 Å². The largest absolute Gasteiger partial charge is 0.495 e. The average Bonchev–Trinajstić information content (AvgIpc) is 3.16. The van der Waals surface area contributed by atoms with Crippen LogP contribution in [0.1, 0.15) is 36.5 Å². The summed E-state index contributed by atoms with van der Waals surface area (Å²) in [6, 6.07) is 4.49. The van der Waals surface area contributed by atoms with Crippen LogP contribution in [0.5, 0.6) is 5.75 Å². The third-order valence-corrected chi connectivity index (χ3v) is 5.98. The first-order chi connectivity index (χ1) is 12.0. The first-order valence-electron chi connectivity index (χ1n) is 8.55. The number of rotatable bonds is 9. The second-order valence-corrected chi connectivity index (χ2v) is 7.69. The fraction of sp³-hybridized carbons (Fsp3) is 0.588. The van der Waals surface area contributed by atoms with Crippen molar-refractivity contribution < 1.29 is 22.7 Å². The lowest BCUT2D eigenvalue weighted by Gasteiger charge is -2.18. The van der Waals surface area contributed by atoms with Crippen molar-refractivity contribution >= 4 is 15.9 Å². The predicted octanol–water partition coefficient (Wildman–Crippen LogP) is 1.64. The molecule has 1 aromatic rings. The van der Waals surface area contributed by atoms with E-state index >= 15 is 0 Å². The Balaban J connectivity index is 2.14. The third-order valence-electron chi connectivity index (χ3n) is 4.06. The number of carbonyl (C=O) groups is 1. The molecule has 0 atom stereocenters. The number of ether oxygens (including phenoxy) is 2. The van der Waals surface area contributed by atoms with E-state index in [-0.39, 0.29) is 16.6 Å². The molecule has 1 saturated heterocycles. The van der Waals surface area contributed by atoms with Gasteiger partial charge in [-0.15, -0.1) is 0 Å². The van der Waals surface area contributed by atoms with Crippen LogP contribution >= 0.6 is 0 Å². The van der Waals surface area contributed by atoms with Crippen molar-refractivity contribution in [2.45, 2.75) is 31.1 Å². The van der Waals surface area contributed by atoms with E-state index in [4.69, 9.17) is 9.47 Å². The number of sulfonamides is 1. The van der Waals surface area contributed by atoms with Crippen LogP contribution < -0.4 is 10.1 Å². The summed E-state index contributed by atoms with van der Waals surface area (Å²) < 4.78 is 37.5. The van der Waals surface area contributed by atoms with E-state index in [1.165, 1.54) is 23.5 Å². The minimum absolute atomic E-state index is 0.0406. The maximum Gasteiger partial charge on any atom is 0.251 e. The molecule has 1 fully saturated rings. The van der Waals surface area contributed by atoms with Crippen molar-refractivity contribution in [2.24, 2.45) is 0 Å². The van der Waals surface area contributed by atoms with Crippen molar-refractivity contribution in [1.82, 2.24) is 9.62 Å². The van der Waals surface area contributed by atoms with Crippen molar-refractivity contribution in [3.8, 4) is 5.75 Å². The number of nitrogens with zero attached hydrogens (tertiary/aromatic N) is 1. The van der Waals surface area contributed by atoms with E-state index in [0.717, 1.165) is 12.8 Å². The number of methoxy groups -OCH3 is 1. The van der Waals surface area contributed by atoms with Gasteiger partial charge in [-0.3, -0.25) is 4.79 Å². The molecule has 7 nitrogen and oxygen atoms in total. The summed E-state index contributed by atoms with van der Waals surface area (Å²) in [5.41, 5.74) is 0.301. The van der Waals surface area contributed by atoms with Crippen molar-refractivity contribution in [3.05, 3.63) is 23.8 Å². The van der Waals surface area contributed by atoms with Gasteiger partial charge in [0.05, 0.1) is 7.11 Å². The van der Waals surface area contributed by atoms with Gasteiger partial charge in [-0.05, 0) is 44.4 Å². The maximum atomic E-state index is 12.8. The molecular formula is C17H26N2O5S. The molecule has 2 rings (SSSR count). The highest BCUT2D eigenvalue weighted by molar-refractivity contribution is 7.89. The summed E-state index contributed by atoms with van der Waals surface area (Å²) in [6.07, 6.45) is 2.40. The molecule has 1 aliphatic heterocycles. The minimum atomic E-state index is -3.66. The van der Waals surface area contributed by atoms with Gasteiger partial charge in [-0.2, -0.15) is 4.31 Å². The predicted molar refractivity (Wildman–Crippen MR) is 94.4 cm³/mol. The van der Waals surface area contributed by atoms with Crippen molar-refractivity contribution in [2.75, 3.05) is 40.0 Å². The molecular weight excluding hydrogens is 344 g/mol. The van der Waals surface area contributed by atoms with Crippen LogP contribution in [0.15, 0.2) is 23.1 Å². The zero-order valence-electron chi connectivity index (χ0n) is 14.8. The third kappa shape index (κ3) is 4.93. The van der Waals surface area contributed by atoms with Crippen molar-refractivity contribution in [1.29, 1.82) is 0 Å². The lowest BCUT2D eigenvalue weighted by atomic mass is 10.2. The molecule has 25 heavy (non-hydrogen) atoms. The van der Waals surface area contributed by atoms with Crippen LogP contribution in [0.3, 0.4) is 0 Å². The van der Waals surface area contributed by atoms with Gasteiger partial charge in [-0.25, -0.2) is 8.42 Å². The molecule has 0 unspecified atom stereocenters. The van der Waals surface area contributed by atoms with Crippen LogP contribution in [0.4, 0.5) is 0 Å². The van der Waals surface area contributed by atoms with Crippen molar-refractivity contribution in [3.63, 3.8) is 0 Å². The molecule has 0 aliphatic carbocycles. The van der Waals surface area contributed by atoms with E-state index in [0.29, 0.717) is 44.8 Å². The van der Waals surface area contributed by atoms with Gasteiger partial charge in [0.1, 0.15) is 10.6 Å². The van der Waals surface area contributed by atoms with Gasteiger partial charge < -0.3 is 14.8 Å². The first-order valence-corrected chi connectivity index (χ1v) is 9.99. The minimum Gasteiger partial charge on any atom is -0.495 e. The Kier molecular flexibility index (Phi) is 7.22. The summed E-state index contributed by atoms with van der Waals surface area (Å²) in [6.45, 7) is 4.61. The standard InChI is InChI=1S/C17H26N2O5S/c1-3-24-12-6-9-18-17(20)14-7-8-15(23-2)16(13-14)25(21,22)19-10-4-5-11-19/h7-8,13H,3-6,9-12H2,1-2H3,(H,18,20). The molecule has 1 aliphatic rings. The zero-order chi connectivity index (χ0) is 18.3. The number of amides is 1. The Labute approximate surface area is 149 Å². The van der Waals surface area contributed by atoms with E-state index in [1.807, 2.05) is 6.92 Å². The molecule has 1 amide bonds. The molecule has 8 heteroatoms. The molecule has 0 saturated carbocycles. The molecule has 1 heterocycles. The van der Waals surface area contributed by atoms with Gasteiger partial charge in [0.15, 0.2) is 0 Å². The van der Waals surface area contributed by atoms with E-state index in [9.17, 15) is 13.2 Å². The number of hydrogen-bond donors (Lipinski definition) is 1. The first kappa shape index (κ1) is 19.7. The molecule has 0 aromatic heterocycles. The maximum absolute atomic E-state index is 12.8. The van der Waals surface area contributed by atoms with Gasteiger partial charge in [0, 0.05) is 38.4 Å². The summed E-state index contributed by atoms with van der Waals surface area (Å²) in [5, 5.41) is 2.78. The molecule has 0 bridgehead atoms. The van der Waals surface area contributed by atoms with Crippen LogP contribution in [0, 0.1) is 0 Å². The monoisotopic (exact) mass is 370 g/mol. The SMILES string of the molecule is CCOCCCNC(=O)c1ccc(OC)c(S(=O)(=O)N2CCCC2)c1. The Bertz CT molecular complexity index is 684. The topological polar surface area (TPSA) is 84.9 Å². The Morgan fingerprint density at radius 2 is 2.00 bits per heavy atom. The number of hydrogen-bond acceptors (Lipinski definition) is 5. The second kappa shape index (κ2) is 9.17. The van der Waals surface area contributed by atoms with E-state index in [1.54, 1.807) is 6.07 Å². The van der Waals surface area contributed by atoms with E-state index < -0.39 is 10.0 Å². The van der Waals surface area contributed by atoms with Crippen LogP contribution in [0.2, 0.25) is 0 Å². The summed E-state index contributed by atoms with van der Waals surface area (Å²) >= 11 is 0. The van der Waals surface area contributed by atoms with Gasteiger partial charge in [-0.1, -0.05) is 0 Å². The second-order valence-electron chi connectivity index (χ2n) is 5.78. The molecule has 0 spiro atoms. The number of carbonyl (C=O) groups excluding carboxylic acids is 1. The molecule has 0 radical (unpaired) electrons. The smallest absolute Gasteiger partial charge is 0.251 e. The highest BCUT2D eigenvalue weighted by Gasteiger charge is 2.30. The summed E-state index contributed by atoms with van der Waals surface area (Å²) in [7, 11) is -2.24. The highest BCUT2D eigenvalue weighted by Crippen LogP contribution is 2.29. The molecule has 1 N–H and O–H groups in total. The number of benzene rings is 1. The van der Waals surface area contributed by atoms with Crippen LogP contribution in [-0.4, -0.2) is 58.6 Å². The Morgan fingerprint density at radius 1 is 1.28 bits per heavy atom. The highest BCUT2D eigenvalue weighted by atomic mass is 32.2. The lowest BCUT2D eigenvalue weighted by molar-refractivity contribution is 0.0944. The quantitative estimate of drug-likeness (QED) is 0.668. The fourth-order valence-corrected chi connectivity index (χ4v) is 4.41. The average molecular weight is 370 g/mol. The van der Waals surface area contributed by atoms with Crippen LogP contribution in [-0.2, 0) is 14.8 Å². The van der Waals surface area contributed by atoms with E-state index in [2.05, 4.69) is 5.32 Å². The van der Waals surface area contributed by atoms with Gasteiger partial charge >= 0.3 is 0 Å². The number of nitrogens with one attached hydrogen (secondary N) is 1. The van der Waals surface area contributed by atoms with Crippen LogP contribution in [0.25, 0.3) is 0 Å². The molecule has 1 aromatic carbocycles. The summed E-state index contributed by atoms with van der Waals surface area (Å²) in [4.78, 5) is 12.3. The fourth-order valence-electron chi connectivity index (χ4n) is 2.71. The summed E-state index contributed by atoms with van der Waals surface area (Å²) in [5.74, 6) is -0.0585. The zero-order valence-corrected chi connectivity index (χ0v) is 15.6. The Hall–Kier alpha value is -1.64. The lowest BCUT2D eigenvalue weighted by Crippen LogP contribution is -2.29.